The maximum absolute atomic E-state index is 13.5. The lowest BCUT2D eigenvalue weighted by atomic mass is 10.2. The molecule has 0 aromatic rings. The average molecular weight is 371 g/mol. The minimum absolute atomic E-state index is 0.928. The summed E-state index contributed by atoms with van der Waals surface area (Å²) in [5.74, 6) is -16.4. The van der Waals surface area contributed by atoms with E-state index < -0.39 is 42.2 Å². The molecule has 1 amide bonds. The van der Waals surface area contributed by atoms with Crippen LogP contribution in [0.2, 0.25) is 0 Å². The molecule has 0 aromatic heterocycles. The summed E-state index contributed by atoms with van der Waals surface area (Å²) in [5, 5.41) is 1.08. The molecule has 0 unspecified atom stereocenters. The van der Waals surface area contributed by atoms with Crippen molar-refractivity contribution in [2.45, 2.75) is 50.1 Å². The Hall–Kier alpha value is -1.34. The Morgan fingerprint density at radius 3 is 1.48 bits per heavy atom. The Labute approximate surface area is 120 Å². The Kier molecular flexibility index (Phi) is 5.60. The van der Waals surface area contributed by atoms with Gasteiger partial charge in [-0.3, -0.25) is 9.53 Å². The van der Waals surface area contributed by atoms with Gasteiger partial charge in [-0.2, -0.15) is 48.3 Å². The molecular weight excluding hydrogens is 363 g/mol. The fraction of sp³-hybridized carbons (Fsp3) is 0.889. The van der Waals surface area contributed by atoms with E-state index in [1.165, 1.54) is 0 Å². The Balaban J connectivity index is 5.88. The molecule has 0 saturated heterocycles. The van der Waals surface area contributed by atoms with E-state index in [9.17, 15) is 53.1 Å². The number of carbonyl (C=O) groups is 1. The van der Waals surface area contributed by atoms with E-state index in [4.69, 9.17) is 0 Å². The minimum atomic E-state index is -7.19. The minimum Gasteiger partial charge on any atom is -0.349 e. The van der Waals surface area contributed by atoms with Crippen molar-refractivity contribution in [3.63, 3.8) is 0 Å². The summed E-state index contributed by atoms with van der Waals surface area (Å²) < 4.78 is 139. The second kappa shape index (κ2) is 5.94. The van der Waals surface area contributed by atoms with Crippen molar-refractivity contribution >= 4 is 5.91 Å². The van der Waals surface area contributed by atoms with Gasteiger partial charge in [-0.25, -0.2) is 0 Å². The molecule has 0 aliphatic carbocycles. The third kappa shape index (κ3) is 4.14. The van der Waals surface area contributed by atoms with Crippen molar-refractivity contribution in [2.24, 2.45) is 0 Å². The molecule has 0 aromatic carbocycles. The lowest BCUT2D eigenvalue weighted by molar-refractivity contribution is -0.473. The van der Waals surface area contributed by atoms with Gasteiger partial charge in [-0.1, -0.05) is 0 Å². The summed E-state index contributed by atoms with van der Waals surface area (Å²) >= 11 is 0. The SMILES string of the molecule is CC(C)NC(=O)[C@](F)(OC(F)(F)C(F)(F)C(F)(F)F)C(F)(F)F. The van der Waals surface area contributed by atoms with Crippen molar-refractivity contribution < 1.29 is 57.8 Å². The maximum Gasteiger partial charge on any atom is 0.462 e. The smallest absolute Gasteiger partial charge is 0.349 e. The lowest BCUT2D eigenvalue weighted by Crippen LogP contribution is -2.64. The monoisotopic (exact) mass is 371 g/mol. The molecule has 0 bridgehead atoms. The van der Waals surface area contributed by atoms with E-state index in [-0.39, 0.29) is 0 Å². The first-order valence-electron chi connectivity index (χ1n) is 5.38. The number of alkyl halides is 11. The second-order valence-electron chi connectivity index (χ2n) is 4.41. The predicted molar refractivity (Wildman–Crippen MR) is 50.2 cm³/mol. The quantitative estimate of drug-likeness (QED) is 0.751. The first-order valence-corrected chi connectivity index (χ1v) is 5.38. The molecule has 0 spiro atoms. The summed E-state index contributed by atoms with van der Waals surface area (Å²) in [6.07, 6.45) is -20.8. The molecular formula is C9H8F11NO2. The van der Waals surface area contributed by atoms with E-state index in [0.717, 1.165) is 19.2 Å². The van der Waals surface area contributed by atoms with Crippen LogP contribution in [-0.4, -0.2) is 42.2 Å². The van der Waals surface area contributed by atoms with Gasteiger partial charge >= 0.3 is 30.2 Å². The van der Waals surface area contributed by atoms with E-state index in [1.54, 1.807) is 0 Å². The molecule has 0 heterocycles. The molecule has 138 valence electrons. The highest BCUT2D eigenvalue weighted by Gasteiger charge is 2.79. The molecule has 1 N–H and O–H groups in total. The summed E-state index contributed by atoms with van der Waals surface area (Å²) in [4.78, 5) is 11.0. The van der Waals surface area contributed by atoms with Crippen LogP contribution in [0.15, 0.2) is 0 Å². The highest BCUT2D eigenvalue weighted by Crippen LogP contribution is 2.50. The Morgan fingerprint density at radius 2 is 1.22 bits per heavy atom. The number of carbonyl (C=O) groups excluding carboxylic acids is 1. The molecule has 0 aliphatic rings. The van der Waals surface area contributed by atoms with Gasteiger partial charge in [0.1, 0.15) is 0 Å². The molecule has 3 nitrogen and oxygen atoms in total. The Bertz CT molecular complexity index is 442. The van der Waals surface area contributed by atoms with Crippen molar-refractivity contribution in [1.82, 2.24) is 5.32 Å². The van der Waals surface area contributed by atoms with Crippen LogP contribution in [0.4, 0.5) is 48.3 Å². The van der Waals surface area contributed by atoms with Crippen molar-refractivity contribution in [3.8, 4) is 0 Å². The standard InChI is InChI=1S/C9H8F11NO2/c1-3(2)21-4(22)5(10,7(13,14)15)23-9(19,20)6(11,12)8(16,17)18/h3H,1-2H3,(H,21,22)/t5-/m0/s1. The number of ether oxygens (including phenoxy) is 1. The normalized spacial score (nSPS) is 17.1. The highest BCUT2D eigenvalue weighted by atomic mass is 19.4. The van der Waals surface area contributed by atoms with Crippen LogP contribution in [0.25, 0.3) is 0 Å². The number of amides is 1. The van der Waals surface area contributed by atoms with E-state index >= 15 is 0 Å². The van der Waals surface area contributed by atoms with Crippen LogP contribution < -0.4 is 5.32 Å². The van der Waals surface area contributed by atoms with Crippen LogP contribution in [0, 0.1) is 0 Å². The topological polar surface area (TPSA) is 38.3 Å². The van der Waals surface area contributed by atoms with Gasteiger partial charge in [0.2, 0.25) is 0 Å². The zero-order valence-electron chi connectivity index (χ0n) is 11.1. The summed E-state index contributed by atoms with van der Waals surface area (Å²) in [5.41, 5.74) is 0. The van der Waals surface area contributed by atoms with Gasteiger partial charge in [0.05, 0.1) is 0 Å². The number of hydrogen-bond acceptors (Lipinski definition) is 2. The first-order chi connectivity index (χ1) is 9.79. The number of rotatable bonds is 5. The molecule has 0 rings (SSSR count). The third-order valence-corrected chi connectivity index (χ3v) is 2.07. The number of nitrogens with one attached hydrogen (secondary N) is 1. The van der Waals surface area contributed by atoms with Crippen molar-refractivity contribution in [3.05, 3.63) is 0 Å². The summed E-state index contributed by atoms with van der Waals surface area (Å²) in [7, 11) is 0. The molecule has 23 heavy (non-hydrogen) atoms. The fourth-order valence-corrected chi connectivity index (χ4v) is 0.994. The predicted octanol–water partition coefficient (Wildman–Crippen LogP) is 3.55. The van der Waals surface area contributed by atoms with Crippen LogP contribution in [0.3, 0.4) is 0 Å². The van der Waals surface area contributed by atoms with E-state index in [0.29, 0.717) is 0 Å². The average Bonchev–Trinajstić information content (AvgIpc) is 2.23. The zero-order chi connectivity index (χ0) is 19.1. The van der Waals surface area contributed by atoms with Gasteiger partial charge in [-0.05, 0) is 13.8 Å². The number of halogens is 11. The Morgan fingerprint density at radius 1 is 0.826 bits per heavy atom. The highest BCUT2D eigenvalue weighted by molar-refractivity contribution is 5.84. The summed E-state index contributed by atoms with van der Waals surface area (Å²) in [6, 6.07) is -1.31. The molecule has 0 saturated carbocycles. The van der Waals surface area contributed by atoms with E-state index in [1.807, 2.05) is 4.74 Å². The van der Waals surface area contributed by atoms with Crippen LogP contribution in [0.1, 0.15) is 13.8 Å². The van der Waals surface area contributed by atoms with Crippen LogP contribution in [-0.2, 0) is 9.53 Å². The largest absolute Gasteiger partial charge is 0.462 e. The van der Waals surface area contributed by atoms with Gasteiger partial charge < -0.3 is 5.32 Å². The third-order valence-electron chi connectivity index (χ3n) is 2.07. The maximum atomic E-state index is 13.5. The molecule has 0 fully saturated rings. The molecule has 1 atom stereocenters. The lowest BCUT2D eigenvalue weighted by Gasteiger charge is -2.34. The summed E-state index contributed by atoms with van der Waals surface area (Å²) in [6.45, 7) is 1.86. The fourth-order valence-electron chi connectivity index (χ4n) is 0.994. The molecule has 14 heteroatoms. The van der Waals surface area contributed by atoms with Crippen LogP contribution in [0.5, 0.6) is 0 Å². The van der Waals surface area contributed by atoms with Crippen molar-refractivity contribution in [2.75, 3.05) is 0 Å². The van der Waals surface area contributed by atoms with Gasteiger partial charge in [0, 0.05) is 6.04 Å². The van der Waals surface area contributed by atoms with Crippen LogP contribution >= 0.6 is 0 Å². The molecule has 0 aliphatic heterocycles. The second-order valence-corrected chi connectivity index (χ2v) is 4.41. The van der Waals surface area contributed by atoms with Gasteiger partial charge in [0.15, 0.2) is 0 Å². The first kappa shape index (κ1) is 21.7. The van der Waals surface area contributed by atoms with Gasteiger partial charge in [-0.15, -0.1) is 0 Å². The zero-order valence-corrected chi connectivity index (χ0v) is 11.1. The van der Waals surface area contributed by atoms with Gasteiger partial charge in [0.25, 0.3) is 5.91 Å². The van der Waals surface area contributed by atoms with E-state index in [2.05, 4.69) is 0 Å². The molecule has 0 radical (unpaired) electrons. The van der Waals surface area contributed by atoms with Crippen molar-refractivity contribution in [1.29, 1.82) is 0 Å². The number of hydrogen-bond donors (Lipinski definition) is 1.